The van der Waals surface area contributed by atoms with E-state index in [1.54, 1.807) is 0 Å². The number of hydrogen-bond donors (Lipinski definition) is 0. The molecule has 1 aromatic carbocycles. The van der Waals surface area contributed by atoms with Gasteiger partial charge in [-0.2, -0.15) is 0 Å². The lowest BCUT2D eigenvalue weighted by Crippen LogP contribution is -2.51. The molecule has 2 aliphatic rings. The zero-order valence-corrected chi connectivity index (χ0v) is 14.2. The molecule has 124 valence electrons. The number of carbonyl (C=O) groups excluding carboxylic acids is 1. The highest BCUT2D eigenvalue weighted by Gasteiger charge is 2.36. The van der Waals surface area contributed by atoms with Crippen LogP contribution in [0.2, 0.25) is 0 Å². The molecule has 5 heteroatoms. The Morgan fingerprint density at radius 3 is 2.83 bits per heavy atom. The largest absolute Gasteiger partial charge is 0.454 e. The van der Waals surface area contributed by atoms with Gasteiger partial charge in [-0.15, -0.1) is 0 Å². The van der Waals surface area contributed by atoms with Crippen molar-refractivity contribution >= 4 is 11.6 Å². The summed E-state index contributed by atoms with van der Waals surface area (Å²) >= 11 is 0. The Kier molecular flexibility index (Phi) is 4.28. The maximum absolute atomic E-state index is 12.6. The quantitative estimate of drug-likeness (QED) is 0.858. The van der Waals surface area contributed by atoms with Crippen molar-refractivity contribution in [3.05, 3.63) is 23.8 Å². The van der Waals surface area contributed by atoms with Gasteiger partial charge in [-0.25, -0.2) is 0 Å². The predicted molar refractivity (Wildman–Crippen MR) is 89.2 cm³/mol. The highest BCUT2D eigenvalue weighted by Crippen LogP contribution is 2.34. The van der Waals surface area contributed by atoms with E-state index in [-0.39, 0.29) is 30.7 Å². The summed E-state index contributed by atoms with van der Waals surface area (Å²) in [5, 5.41) is 0. The lowest BCUT2D eigenvalue weighted by molar-refractivity contribution is -0.133. The van der Waals surface area contributed by atoms with Crippen LogP contribution in [-0.4, -0.2) is 42.4 Å². The van der Waals surface area contributed by atoms with Crippen molar-refractivity contribution < 1.29 is 14.3 Å². The monoisotopic (exact) mass is 316 g/mol. The van der Waals surface area contributed by atoms with Crippen molar-refractivity contribution in [3.8, 4) is 11.5 Å². The Morgan fingerprint density at radius 2 is 2.09 bits per heavy atom. The zero-order chi connectivity index (χ0) is 16.6. The minimum absolute atomic E-state index is 0.0482. The first-order valence-corrected chi connectivity index (χ1v) is 8.27. The summed E-state index contributed by atoms with van der Waals surface area (Å²) in [4.78, 5) is 19.2. The zero-order valence-electron chi connectivity index (χ0n) is 14.2. The number of nitrogens with zero attached hydrogens (tertiary/aromatic N) is 2. The fourth-order valence-corrected chi connectivity index (χ4v) is 3.25. The Balaban J connectivity index is 1.98. The second kappa shape index (κ2) is 6.22. The van der Waals surface area contributed by atoms with Gasteiger partial charge >= 0.3 is 0 Å². The predicted octanol–water partition coefficient (Wildman–Crippen LogP) is 2.87. The van der Waals surface area contributed by atoms with Crippen LogP contribution in [0, 0.1) is 5.92 Å². The Morgan fingerprint density at radius 1 is 1.35 bits per heavy atom. The number of aliphatic imine (C=N–C) groups is 1. The fourth-order valence-electron chi connectivity index (χ4n) is 3.25. The normalized spacial score (nSPS) is 24.6. The number of hydrogen-bond acceptors (Lipinski definition) is 4. The first-order valence-electron chi connectivity index (χ1n) is 8.27. The van der Waals surface area contributed by atoms with Crippen LogP contribution in [0.25, 0.3) is 0 Å². The van der Waals surface area contributed by atoms with E-state index in [1.807, 2.05) is 37.1 Å². The van der Waals surface area contributed by atoms with Crippen LogP contribution in [0.4, 0.5) is 0 Å². The van der Waals surface area contributed by atoms with Crippen LogP contribution >= 0.6 is 0 Å². The minimum atomic E-state index is -0.295. The molecule has 3 rings (SSSR count). The van der Waals surface area contributed by atoms with Gasteiger partial charge in [0.2, 0.25) is 12.7 Å². The number of fused-ring (bicyclic) bond motifs is 1. The summed E-state index contributed by atoms with van der Waals surface area (Å²) in [5.41, 5.74) is 1.94. The number of benzene rings is 1. The van der Waals surface area contributed by atoms with Crippen LogP contribution in [0.15, 0.2) is 23.2 Å². The molecule has 1 unspecified atom stereocenters. The van der Waals surface area contributed by atoms with Gasteiger partial charge in [-0.3, -0.25) is 9.79 Å². The topological polar surface area (TPSA) is 51.1 Å². The van der Waals surface area contributed by atoms with Gasteiger partial charge in [0.15, 0.2) is 11.5 Å². The Hall–Kier alpha value is -2.04. The standard InChI is InChI=1S/C18H24N2O3/c1-5-6-11(2)16-18(21)20(4)12(3)17(19-16)13-7-8-14-15(9-13)23-10-22-14/h7-9,11-12,16H,5-6,10H2,1-4H3/t11-,12?,16-/m0/s1. The van der Waals surface area contributed by atoms with Gasteiger partial charge in [-0.05, 0) is 37.5 Å². The number of amides is 1. The fraction of sp³-hybridized carbons (Fsp3) is 0.556. The van der Waals surface area contributed by atoms with Gasteiger partial charge in [0.1, 0.15) is 6.04 Å². The molecule has 0 radical (unpaired) electrons. The second-order valence-corrected chi connectivity index (χ2v) is 6.42. The molecule has 0 fully saturated rings. The molecule has 0 saturated carbocycles. The van der Waals surface area contributed by atoms with E-state index in [1.165, 1.54) is 0 Å². The van der Waals surface area contributed by atoms with E-state index in [0.717, 1.165) is 35.6 Å². The average molecular weight is 316 g/mol. The van der Waals surface area contributed by atoms with Gasteiger partial charge in [0, 0.05) is 12.6 Å². The molecule has 0 aliphatic carbocycles. The third kappa shape index (κ3) is 2.80. The van der Waals surface area contributed by atoms with Gasteiger partial charge in [0.05, 0.1) is 11.8 Å². The van der Waals surface area contributed by atoms with Crippen molar-refractivity contribution in [2.24, 2.45) is 10.9 Å². The summed E-state index contributed by atoms with van der Waals surface area (Å²) < 4.78 is 10.8. The molecular formula is C18H24N2O3. The van der Waals surface area contributed by atoms with Crippen LogP contribution in [-0.2, 0) is 4.79 Å². The number of carbonyl (C=O) groups is 1. The van der Waals surface area contributed by atoms with Gasteiger partial charge in [0.25, 0.3) is 0 Å². The molecule has 23 heavy (non-hydrogen) atoms. The SMILES string of the molecule is CCC[C@H](C)[C@@H]1N=C(c2ccc3c(c2)OCO3)C(C)N(C)C1=O. The van der Waals surface area contributed by atoms with Gasteiger partial charge < -0.3 is 14.4 Å². The van der Waals surface area contributed by atoms with Crippen molar-refractivity contribution in [3.63, 3.8) is 0 Å². The molecule has 0 N–H and O–H groups in total. The highest BCUT2D eigenvalue weighted by atomic mass is 16.7. The summed E-state index contributed by atoms with van der Waals surface area (Å²) in [7, 11) is 1.86. The van der Waals surface area contributed by atoms with E-state index in [4.69, 9.17) is 14.5 Å². The molecule has 5 nitrogen and oxygen atoms in total. The molecule has 3 atom stereocenters. The van der Waals surface area contributed by atoms with E-state index in [9.17, 15) is 4.79 Å². The molecule has 0 bridgehead atoms. The van der Waals surface area contributed by atoms with E-state index < -0.39 is 0 Å². The maximum atomic E-state index is 12.6. The average Bonchev–Trinajstić information content (AvgIpc) is 3.00. The van der Waals surface area contributed by atoms with E-state index >= 15 is 0 Å². The number of ether oxygens (including phenoxy) is 2. The Labute approximate surface area is 137 Å². The van der Waals surface area contributed by atoms with E-state index in [2.05, 4.69) is 13.8 Å². The van der Waals surface area contributed by atoms with Crippen molar-refractivity contribution in [2.45, 2.75) is 45.7 Å². The molecular weight excluding hydrogens is 292 g/mol. The number of likely N-dealkylation sites (N-methyl/N-ethyl adjacent to an activating group) is 1. The summed E-state index contributed by atoms with van der Waals surface area (Å²) in [6, 6.07) is 5.52. The Bertz CT molecular complexity index is 641. The first kappa shape index (κ1) is 15.8. The lowest BCUT2D eigenvalue weighted by Gasteiger charge is -2.36. The third-order valence-corrected chi connectivity index (χ3v) is 4.81. The first-order chi connectivity index (χ1) is 11.0. The molecule has 0 aromatic heterocycles. The third-order valence-electron chi connectivity index (χ3n) is 4.81. The summed E-state index contributed by atoms with van der Waals surface area (Å²) in [6.07, 6.45) is 2.05. The second-order valence-electron chi connectivity index (χ2n) is 6.42. The summed E-state index contributed by atoms with van der Waals surface area (Å²) in [6.45, 7) is 6.52. The van der Waals surface area contributed by atoms with Crippen LogP contribution < -0.4 is 9.47 Å². The van der Waals surface area contributed by atoms with Crippen LogP contribution in [0.1, 0.15) is 39.2 Å². The van der Waals surface area contributed by atoms with Crippen molar-refractivity contribution in [2.75, 3.05) is 13.8 Å². The smallest absolute Gasteiger partial charge is 0.247 e. The van der Waals surface area contributed by atoms with Crippen molar-refractivity contribution in [1.82, 2.24) is 4.90 Å². The molecule has 0 spiro atoms. The molecule has 1 amide bonds. The molecule has 1 aromatic rings. The summed E-state index contributed by atoms with van der Waals surface area (Å²) in [5.74, 6) is 1.86. The van der Waals surface area contributed by atoms with Crippen LogP contribution in [0.3, 0.4) is 0 Å². The maximum Gasteiger partial charge on any atom is 0.247 e. The van der Waals surface area contributed by atoms with Crippen LogP contribution in [0.5, 0.6) is 11.5 Å². The minimum Gasteiger partial charge on any atom is -0.454 e. The highest BCUT2D eigenvalue weighted by molar-refractivity contribution is 6.09. The number of rotatable bonds is 4. The lowest BCUT2D eigenvalue weighted by atomic mass is 9.91. The van der Waals surface area contributed by atoms with E-state index in [0.29, 0.717) is 0 Å². The van der Waals surface area contributed by atoms with Gasteiger partial charge in [-0.1, -0.05) is 20.3 Å². The molecule has 2 heterocycles. The molecule has 2 aliphatic heterocycles. The van der Waals surface area contributed by atoms with Crippen molar-refractivity contribution in [1.29, 1.82) is 0 Å². The molecule has 0 saturated heterocycles.